The molecule has 0 radical (unpaired) electrons. The molecule has 1 N–H and O–H groups in total. The fourth-order valence-electron chi connectivity index (χ4n) is 3.36. The highest BCUT2D eigenvalue weighted by Crippen LogP contribution is 2.23. The number of pyridine rings is 1. The smallest absolute Gasteiger partial charge is 0.373 e. The molecule has 7 heteroatoms. The standard InChI is InChI=1S/C27H37N3O4/c1-5-8-9-10-11-17-28-27(32)30(4)23-14-12-13-22(19-23)24-16-15-21(20-29-24)18-25(33-6-2)26(31)34-7-3/h12-16,18-20H,5-11,17H2,1-4H3,(H,28,32). The molecule has 0 spiro atoms. The zero-order valence-corrected chi connectivity index (χ0v) is 20.8. The van der Waals surface area contributed by atoms with E-state index in [-0.39, 0.29) is 18.4 Å². The van der Waals surface area contributed by atoms with Gasteiger partial charge in [0.2, 0.25) is 5.76 Å². The molecule has 0 saturated heterocycles. The normalized spacial score (nSPS) is 11.1. The molecule has 2 rings (SSSR count). The van der Waals surface area contributed by atoms with Crippen molar-refractivity contribution in [1.82, 2.24) is 10.3 Å². The van der Waals surface area contributed by atoms with Gasteiger partial charge in [-0.05, 0) is 50.1 Å². The van der Waals surface area contributed by atoms with Gasteiger partial charge < -0.3 is 14.8 Å². The molecule has 34 heavy (non-hydrogen) atoms. The third-order valence-corrected chi connectivity index (χ3v) is 5.25. The third kappa shape index (κ3) is 8.54. The summed E-state index contributed by atoms with van der Waals surface area (Å²) in [5.41, 5.74) is 3.17. The fraction of sp³-hybridized carbons (Fsp3) is 0.444. The van der Waals surface area contributed by atoms with E-state index < -0.39 is 5.97 Å². The summed E-state index contributed by atoms with van der Waals surface area (Å²) >= 11 is 0. The number of carbonyl (C=O) groups is 2. The van der Waals surface area contributed by atoms with Gasteiger partial charge in [-0.15, -0.1) is 0 Å². The molecular weight excluding hydrogens is 430 g/mol. The van der Waals surface area contributed by atoms with Crippen LogP contribution in [-0.2, 0) is 14.3 Å². The van der Waals surface area contributed by atoms with Gasteiger partial charge in [-0.25, -0.2) is 9.59 Å². The molecule has 0 aliphatic carbocycles. The van der Waals surface area contributed by atoms with Crippen molar-refractivity contribution in [1.29, 1.82) is 0 Å². The van der Waals surface area contributed by atoms with Crippen LogP contribution in [0.4, 0.5) is 10.5 Å². The minimum Gasteiger partial charge on any atom is -0.487 e. The van der Waals surface area contributed by atoms with E-state index in [1.807, 2.05) is 43.3 Å². The lowest BCUT2D eigenvalue weighted by Gasteiger charge is -2.19. The highest BCUT2D eigenvalue weighted by molar-refractivity contribution is 5.92. The maximum absolute atomic E-state index is 12.5. The molecule has 2 aromatic rings. The van der Waals surface area contributed by atoms with Crippen LogP contribution in [0.2, 0.25) is 0 Å². The van der Waals surface area contributed by atoms with Crippen molar-refractivity contribution in [3.05, 3.63) is 53.9 Å². The molecule has 0 aliphatic heterocycles. The molecule has 184 valence electrons. The molecule has 7 nitrogen and oxygen atoms in total. The number of urea groups is 1. The van der Waals surface area contributed by atoms with Gasteiger partial charge in [0.25, 0.3) is 0 Å². The quantitative estimate of drug-likeness (QED) is 0.174. The maximum atomic E-state index is 12.5. The lowest BCUT2D eigenvalue weighted by molar-refractivity contribution is -0.142. The number of hydrogen-bond acceptors (Lipinski definition) is 5. The van der Waals surface area contributed by atoms with E-state index in [9.17, 15) is 9.59 Å². The lowest BCUT2D eigenvalue weighted by Crippen LogP contribution is -2.37. The Morgan fingerprint density at radius 1 is 1.00 bits per heavy atom. The van der Waals surface area contributed by atoms with Gasteiger partial charge in [0.1, 0.15) is 0 Å². The summed E-state index contributed by atoms with van der Waals surface area (Å²) in [7, 11) is 1.76. The average molecular weight is 468 g/mol. The summed E-state index contributed by atoms with van der Waals surface area (Å²) < 4.78 is 10.4. The van der Waals surface area contributed by atoms with Crippen molar-refractivity contribution < 1.29 is 19.1 Å². The fourth-order valence-corrected chi connectivity index (χ4v) is 3.36. The number of hydrogen-bond donors (Lipinski definition) is 1. The van der Waals surface area contributed by atoms with Crippen LogP contribution in [0.25, 0.3) is 17.3 Å². The number of unbranched alkanes of at least 4 members (excludes halogenated alkanes) is 4. The molecule has 0 unspecified atom stereocenters. The summed E-state index contributed by atoms with van der Waals surface area (Å²) in [5.74, 6) is -0.345. The monoisotopic (exact) mass is 467 g/mol. The van der Waals surface area contributed by atoms with E-state index in [1.54, 1.807) is 31.1 Å². The van der Waals surface area contributed by atoms with Crippen molar-refractivity contribution in [2.24, 2.45) is 0 Å². The number of benzene rings is 1. The summed E-state index contributed by atoms with van der Waals surface area (Å²) in [5, 5.41) is 2.99. The van der Waals surface area contributed by atoms with Gasteiger partial charge in [0.15, 0.2) is 0 Å². The Labute approximate surface area is 203 Å². The lowest BCUT2D eigenvalue weighted by atomic mass is 10.1. The van der Waals surface area contributed by atoms with E-state index in [0.717, 1.165) is 35.3 Å². The first-order valence-corrected chi connectivity index (χ1v) is 12.1. The number of nitrogens with one attached hydrogen (secondary N) is 1. The second-order valence-electron chi connectivity index (χ2n) is 7.89. The Kier molecular flexibility index (Phi) is 11.7. The molecule has 1 aromatic carbocycles. The first-order valence-electron chi connectivity index (χ1n) is 12.1. The average Bonchev–Trinajstić information content (AvgIpc) is 2.86. The number of rotatable bonds is 13. The maximum Gasteiger partial charge on any atom is 0.373 e. The van der Waals surface area contributed by atoms with E-state index in [1.165, 1.54) is 19.3 Å². The van der Waals surface area contributed by atoms with Gasteiger partial charge in [0.05, 0.1) is 18.9 Å². The number of nitrogens with zero attached hydrogens (tertiary/aromatic N) is 2. The van der Waals surface area contributed by atoms with Crippen molar-refractivity contribution in [2.45, 2.75) is 52.9 Å². The number of anilines is 1. The summed E-state index contributed by atoms with van der Waals surface area (Å²) in [6.07, 6.45) is 9.08. The summed E-state index contributed by atoms with van der Waals surface area (Å²) in [6.45, 7) is 7.08. The molecule has 1 aromatic heterocycles. The largest absolute Gasteiger partial charge is 0.487 e. The molecule has 0 saturated carbocycles. The van der Waals surface area contributed by atoms with Crippen molar-refractivity contribution >= 4 is 23.8 Å². The number of amides is 2. The molecule has 0 fully saturated rings. The zero-order valence-electron chi connectivity index (χ0n) is 20.8. The molecule has 0 bridgehead atoms. The Bertz CT molecular complexity index is 941. The molecule has 0 atom stereocenters. The van der Waals surface area contributed by atoms with Crippen LogP contribution in [0, 0.1) is 0 Å². The van der Waals surface area contributed by atoms with E-state index in [4.69, 9.17) is 9.47 Å². The van der Waals surface area contributed by atoms with Crippen LogP contribution in [0.15, 0.2) is 48.4 Å². The van der Waals surface area contributed by atoms with E-state index in [0.29, 0.717) is 13.2 Å². The Morgan fingerprint density at radius 2 is 1.76 bits per heavy atom. The van der Waals surface area contributed by atoms with Crippen LogP contribution in [0.1, 0.15) is 58.4 Å². The van der Waals surface area contributed by atoms with Crippen molar-refractivity contribution in [3.63, 3.8) is 0 Å². The van der Waals surface area contributed by atoms with Crippen LogP contribution in [0.5, 0.6) is 0 Å². The Morgan fingerprint density at radius 3 is 2.44 bits per heavy atom. The predicted molar refractivity (Wildman–Crippen MR) is 136 cm³/mol. The second kappa shape index (κ2) is 14.7. The topological polar surface area (TPSA) is 80.8 Å². The third-order valence-electron chi connectivity index (χ3n) is 5.25. The predicted octanol–water partition coefficient (Wildman–Crippen LogP) is 5.81. The zero-order chi connectivity index (χ0) is 24.8. The summed E-state index contributed by atoms with van der Waals surface area (Å²) in [6, 6.07) is 11.3. The van der Waals surface area contributed by atoms with Crippen LogP contribution < -0.4 is 10.2 Å². The van der Waals surface area contributed by atoms with Gasteiger partial charge in [-0.2, -0.15) is 0 Å². The van der Waals surface area contributed by atoms with Gasteiger partial charge in [0, 0.05) is 31.0 Å². The number of carbonyl (C=O) groups excluding carboxylic acids is 2. The van der Waals surface area contributed by atoms with Crippen LogP contribution >= 0.6 is 0 Å². The van der Waals surface area contributed by atoms with E-state index in [2.05, 4.69) is 17.2 Å². The highest BCUT2D eigenvalue weighted by Gasteiger charge is 2.13. The number of aromatic nitrogens is 1. The highest BCUT2D eigenvalue weighted by atomic mass is 16.6. The van der Waals surface area contributed by atoms with Gasteiger partial charge in [-0.1, -0.05) is 50.8 Å². The van der Waals surface area contributed by atoms with Crippen molar-refractivity contribution in [3.8, 4) is 11.3 Å². The Balaban J connectivity index is 2.05. The molecule has 2 amide bonds. The number of ether oxygens (including phenoxy) is 2. The van der Waals surface area contributed by atoms with Crippen molar-refractivity contribution in [2.75, 3.05) is 31.7 Å². The van der Waals surface area contributed by atoms with Gasteiger partial charge in [-0.3, -0.25) is 9.88 Å². The molecular formula is C27H37N3O4. The second-order valence-corrected chi connectivity index (χ2v) is 7.89. The SMILES string of the molecule is CCCCCCCNC(=O)N(C)c1cccc(-c2ccc(C=C(OCC)C(=O)OCC)cn2)c1. The minimum atomic E-state index is -0.497. The van der Waals surface area contributed by atoms with Crippen LogP contribution in [-0.4, -0.2) is 43.8 Å². The summed E-state index contributed by atoms with van der Waals surface area (Å²) in [4.78, 5) is 30.7. The minimum absolute atomic E-state index is 0.122. The Hall–Kier alpha value is -3.35. The van der Waals surface area contributed by atoms with Crippen LogP contribution in [0.3, 0.4) is 0 Å². The molecule has 0 aliphatic rings. The first-order chi connectivity index (χ1) is 16.5. The first kappa shape index (κ1) is 26.9. The van der Waals surface area contributed by atoms with E-state index >= 15 is 0 Å². The number of esters is 1. The molecule has 1 heterocycles. The van der Waals surface area contributed by atoms with Gasteiger partial charge >= 0.3 is 12.0 Å².